The van der Waals surface area contributed by atoms with E-state index in [4.69, 9.17) is 0 Å². The van der Waals surface area contributed by atoms with Crippen molar-refractivity contribution in [3.05, 3.63) is 41.2 Å². The lowest BCUT2D eigenvalue weighted by Crippen LogP contribution is -2.05. The molecule has 0 unspecified atom stereocenters. The van der Waals surface area contributed by atoms with Gasteiger partial charge in [0.05, 0.1) is 5.69 Å². The molecule has 4 heteroatoms. The molecule has 0 bridgehead atoms. The van der Waals surface area contributed by atoms with Gasteiger partial charge in [0.2, 0.25) is 0 Å². The third kappa shape index (κ3) is 3.53. The zero-order valence-corrected chi connectivity index (χ0v) is 11.0. The van der Waals surface area contributed by atoms with E-state index in [-0.39, 0.29) is 0 Å². The van der Waals surface area contributed by atoms with Crippen molar-refractivity contribution in [1.82, 2.24) is 9.97 Å². The fourth-order valence-corrected chi connectivity index (χ4v) is 2.38. The van der Waals surface area contributed by atoms with Crippen molar-refractivity contribution < 1.29 is 0 Å². The van der Waals surface area contributed by atoms with Crippen LogP contribution in [0.1, 0.15) is 31.2 Å². The molecular weight excluding hydrogens is 230 g/mol. The van der Waals surface area contributed by atoms with Crippen LogP contribution in [0.4, 0.5) is 5.13 Å². The second kappa shape index (κ2) is 5.77. The Labute approximate surface area is 106 Å². The van der Waals surface area contributed by atoms with Gasteiger partial charge in [0.1, 0.15) is 0 Å². The number of nitrogens with zero attached hydrogens (tertiary/aromatic N) is 2. The topological polar surface area (TPSA) is 37.8 Å². The molecule has 0 radical (unpaired) electrons. The van der Waals surface area contributed by atoms with Crippen molar-refractivity contribution in [2.24, 2.45) is 0 Å². The van der Waals surface area contributed by atoms with Crippen LogP contribution in [0.5, 0.6) is 0 Å². The molecule has 0 aliphatic carbocycles. The van der Waals surface area contributed by atoms with Crippen molar-refractivity contribution in [2.45, 2.75) is 26.2 Å². The summed E-state index contributed by atoms with van der Waals surface area (Å²) in [6.07, 6.45) is 2.76. The minimum Gasteiger partial charge on any atom is -0.361 e. The third-order valence-corrected chi connectivity index (χ3v) is 3.32. The van der Waals surface area contributed by atoms with Gasteiger partial charge in [-0.05, 0) is 18.1 Å². The highest BCUT2D eigenvalue weighted by Crippen LogP contribution is 2.21. The minimum absolute atomic E-state index is 0.498. The van der Waals surface area contributed by atoms with Crippen LogP contribution in [0.25, 0.3) is 0 Å². The predicted molar refractivity (Wildman–Crippen MR) is 72.6 cm³/mol. The van der Waals surface area contributed by atoms with E-state index in [0.29, 0.717) is 5.92 Å². The van der Waals surface area contributed by atoms with Gasteiger partial charge in [-0.15, -0.1) is 11.3 Å². The Bertz CT molecular complexity index is 451. The number of thiazole rings is 1. The van der Waals surface area contributed by atoms with Crippen molar-refractivity contribution in [1.29, 1.82) is 0 Å². The van der Waals surface area contributed by atoms with Crippen LogP contribution < -0.4 is 5.32 Å². The molecule has 2 aromatic rings. The van der Waals surface area contributed by atoms with Gasteiger partial charge in [-0.3, -0.25) is 4.98 Å². The summed E-state index contributed by atoms with van der Waals surface area (Å²) in [5, 5.41) is 6.46. The summed E-state index contributed by atoms with van der Waals surface area (Å²) in [5.74, 6) is 0.498. The molecule has 0 aliphatic heterocycles. The van der Waals surface area contributed by atoms with Gasteiger partial charge in [0.15, 0.2) is 5.13 Å². The molecule has 0 spiro atoms. The van der Waals surface area contributed by atoms with E-state index >= 15 is 0 Å². The van der Waals surface area contributed by atoms with E-state index in [2.05, 4.69) is 34.5 Å². The fraction of sp³-hybridized carbons (Fsp3) is 0.385. The number of hydrogen-bond donors (Lipinski definition) is 1. The molecule has 2 aromatic heterocycles. The molecular formula is C13H17N3S. The first-order valence-corrected chi connectivity index (χ1v) is 6.73. The maximum Gasteiger partial charge on any atom is 0.182 e. The normalized spacial score (nSPS) is 10.8. The number of rotatable bonds is 5. The number of aromatic nitrogens is 2. The van der Waals surface area contributed by atoms with Crippen LogP contribution in [0.3, 0.4) is 0 Å². The Kier molecular flexibility index (Phi) is 4.09. The van der Waals surface area contributed by atoms with Crippen molar-refractivity contribution in [3.8, 4) is 0 Å². The molecule has 17 heavy (non-hydrogen) atoms. The van der Waals surface area contributed by atoms with Crippen LogP contribution in [0.15, 0.2) is 29.8 Å². The highest BCUT2D eigenvalue weighted by molar-refractivity contribution is 7.13. The number of anilines is 1. The van der Waals surface area contributed by atoms with E-state index < -0.39 is 0 Å². The summed E-state index contributed by atoms with van der Waals surface area (Å²) in [7, 11) is 0. The van der Waals surface area contributed by atoms with Crippen LogP contribution in [0.2, 0.25) is 0 Å². The molecule has 0 atom stereocenters. The van der Waals surface area contributed by atoms with Gasteiger partial charge in [-0.2, -0.15) is 0 Å². The quantitative estimate of drug-likeness (QED) is 0.880. The molecule has 0 amide bonds. The van der Waals surface area contributed by atoms with Crippen LogP contribution in [-0.2, 0) is 6.42 Å². The van der Waals surface area contributed by atoms with E-state index in [0.717, 1.165) is 29.5 Å². The molecule has 0 aliphatic rings. The Morgan fingerprint density at radius 2 is 2.24 bits per heavy atom. The Morgan fingerprint density at radius 1 is 1.35 bits per heavy atom. The molecule has 0 fully saturated rings. The van der Waals surface area contributed by atoms with Crippen LogP contribution in [-0.4, -0.2) is 16.5 Å². The first-order chi connectivity index (χ1) is 8.25. The summed E-state index contributed by atoms with van der Waals surface area (Å²) in [6.45, 7) is 5.20. The SMILES string of the molecule is CC(C)c1csc(NCCc2ccccn2)n1. The van der Waals surface area contributed by atoms with Crippen molar-refractivity contribution in [3.63, 3.8) is 0 Å². The zero-order valence-electron chi connectivity index (χ0n) is 10.2. The number of hydrogen-bond acceptors (Lipinski definition) is 4. The largest absolute Gasteiger partial charge is 0.361 e. The molecule has 3 nitrogen and oxygen atoms in total. The second-order valence-corrected chi connectivity index (χ2v) is 5.09. The zero-order chi connectivity index (χ0) is 12.1. The molecule has 90 valence electrons. The summed E-state index contributed by atoms with van der Waals surface area (Å²) < 4.78 is 0. The van der Waals surface area contributed by atoms with E-state index in [1.165, 1.54) is 0 Å². The molecule has 0 saturated carbocycles. The van der Waals surface area contributed by atoms with E-state index in [1.807, 2.05) is 24.4 Å². The lowest BCUT2D eigenvalue weighted by molar-refractivity contribution is 0.832. The average molecular weight is 247 g/mol. The number of nitrogens with one attached hydrogen (secondary N) is 1. The van der Waals surface area contributed by atoms with Crippen molar-refractivity contribution >= 4 is 16.5 Å². The van der Waals surface area contributed by atoms with E-state index in [1.54, 1.807) is 11.3 Å². The van der Waals surface area contributed by atoms with Gasteiger partial charge in [-0.25, -0.2) is 4.98 Å². The summed E-state index contributed by atoms with van der Waals surface area (Å²) in [5.41, 5.74) is 2.27. The molecule has 2 rings (SSSR count). The fourth-order valence-electron chi connectivity index (χ4n) is 1.48. The molecule has 1 N–H and O–H groups in total. The minimum atomic E-state index is 0.498. The standard InChI is InChI=1S/C13H17N3S/c1-10(2)12-9-17-13(16-12)15-8-6-11-5-3-4-7-14-11/h3-5,7,9-10H,6,8H2,1-2H3,(H,15,16). The molecule has 0 aromatic carbocycles. The second-order valence-electron chi connectivity index (χ2n) is 4.23. The lowest BCUT2D eigenvalue weighted by atomic mass is 10.2. The van der Waals surface area contributed by atoms with Gasteiger partial charge in [0, 0.05) is 30.2 Å². The summed E-state index contributed by atoms with van der Waals surface area (Å²) in [4.78, 5) is 8.81. The number of pyridine rings is 1. The highest BCUT2D eigenvalue weighted by Gasteiger charge is 2.04. The van der Waals surface area contributed by atoms with Gasteiger partial charge >= 0.3 is 0 Å². The van der Waals surface area contributed by atoms with Crippen LogP contribution >= 0.6 is 11.3 Å². The maximum absolute atomic E-state index is 4.53. The monoisotopic (exact) mass is 247 g/mol. The predicted octanol–water partition coefficient (Wildman–Crippen LogP) is 3.32. The Hall–Kier alpha value is -1.42. The van der Waals surface area contributed by atoms with Gasteiger partial charge in [0.25, 0.3) is 0 Å². The maximum atomic E-state index is 4.53. The summed E-state index contributed by atoms with van der Waals surface area (Å²) in [6, 6.07) is 6.00. The summed E-state index contributed by atoms with van der Waals surface area (Å²) >= 11 is 1.67. The Morgan fingerprint density at radius 3 is 2.88 bits per heavy atom. The highest BCUT2D eigenvalue weighted by atomic mass is 32.1. The molecule has 0 saturated heterocycles. The van der Waals surface area contributed by atoms with E-state index in [9.17, 15) is 0 Å². The van der Waals surface area contributed by atoms with Crippen LogP contribution in [0, 0.1) is 0 Å². The Balaban J connectivity index is 1.82. The average Bonchev–Trinajstić information content (AvgIpc) is 2.79. The molecule has 2 heterocycles. The van der Waals surface area contributed by atoms with Gasteiger partial charge in [-0.1, -0.05) is 19.9 Å². The smallest absolute Gasteiger partial charge is 0.182 e. The van der Waals surface area contributed by atoms with Gasteiger partial charge < -0.3 is 5.32 Å². The van der Waals surface area contributed by atoms with Crippen molar-refractivity contribution in [2.75, 3.05) is 11.9 Å². The first kappa shape index (κ1) is 12.0. The third-order valence-electron chi connectivity index (χ3n) is 2.50. The first-order valence-electron chi connectivity index (χ1n) is 5.85. The lowest BCUT2D eigenvalue weighted by Gasteiger charge is -2.02.